The number of halogens is 6. The van der Waals surface area contributed by atoms with Crippen molar-refractivity contribution >= 4 is 0 Å². The van der Waals surface area contributed by atoms with Crippen molar-refractivity contribution < 1.29 is 36.2 Å². The lowest BCUT2D eigenvalue weighted by atomic mass is 9.96. The fourth-order valence-corrected chi connectivity index (χ4v) is 3.40. The molecule has 2 aliphatic rings. The van der Waals surface area contributed by atoms with Crippen LogP contribution in [0.15, 0.2) is 0 Å². The second-order valence-electron chi connectivity index (χ2n) is 6.04. The summed E-state index contributed by atoms with van der Waals surface area (Å²) in [5, 5.41) is 8.98. The molecule has 2 aliphatic carbocycles. The Balaban J connectivity index is 1.80. The van der Waals surface area contributed by atoms with Gasteiger partial charge in [0.15, 0.2) is 0 Å². The van der Waals surface area contributed by atoms with E-state index in [1.165, 1.54) is 0 Å². The third-order valence-electron chi connectivity index (χ3n) is 4.63. The molecule has 0 aromatic heterocycles. The Kier molecular flexibility index (Phi) is 4.50. The van der Waals surface area contributed by atoms with Gasteiger partial charge in [0.2, 0.25) is 0 Å². The maximum atomic E-state index is 12.4. The van der Waals surface area contributed by atoms with Crippen molar-refractivity contribution in [2.45, 2.75) is 62.6 Å². The van der Waals surface area contributed by atoms with Crippen LogP contribution in [-0.2, 0) is 4.74 Å². The van der Waals surface area contributed by atoms with E-state index < -0.39 is 30.8 Å². The molecule has 3 unspecified atom stereocenters. The number of alkyl halides is 6. The Morgan fingerprint density at radius 1 is 0.952 bits per heavy atom. The SMILES string of the molecule is OC(CCCOC1CC2CCC1C2)(C(F)(F)F)C(F)(F)F. The van der Waals surface area contributed by atoms with Crippen molar-refractivity contribution in [2.24, 2.45) is 11.8 Å². The molecule has 0 aromatic carbocycles. The van der Waals surface area contributed by atoms with E-state index in [-0.39, 0.29) is 12.7 Å². The Bertz CT molecular complexity index is 351. The Hall–Kier alpha value is -0.500. The van der Waals surface area contributed by atoms with Gasteiger partial charge in [0.25, 0.3) is 5.60 Å². The molecule has 0 aliphatic heterocycles. The molecule has 0 spiro atoms. The first-order valence-corrected chi connectivity index (χ1v) is 7.02. The van der Waals surface area contributed by atoms with Crippen LogP contribution in [0.3, 0.4) is 0 Å². The normalized spacial score (nSPS) is 30.1. The number of hydrogen-bond acceptors (Lipinski definition) is 2. The number of rotatable bonds is 5. The molecule has 0 amide bonds. The standard InChI is InChI=1S/C13H18F6O2/c14-12(15,16)11(20,13(17,18)19)4-1-5-21-10-7-8-2-3-9(10)6-8/h8-10,20H,1-7H2. The van der Waals surface area contributed by atoms with Gasteiger partial charge in [-0.1, -0.05) is 0 Å². The van der Waals surface area contributed by atoms with E-state index in [4.69, 9.17) is 9.84 Å². The topological polar surface area (TPSA) is 29.5 Å². The van der Waals surface area contributed by atoms with Crippen LogP contribution in [-0.4, -0.2) is 35.8 Å². The molecule has 0 aromatic rings. The van der Waals surface area contributed by atoms with E-state index in [0.29, 0.717) is 11.8 Å². The Labute approximate surface area is 118 Å². The third kappa shape index (κ3) is 3.31. The minimum Gasteiger partial charge on any atom is -0.378 e. The van der Waals surface area contributed by atoms with Gasteiger partial charge in [-0.15, -0.1) is 0 Å². The van der Waals surface area contributed by atoms with Crippen LogP contribution in [0.4, 0.5) is 26.3 Å². The van der Waals surface area contributed by atoms with Crippen LogP contribution in [0, 0.1) is 11.8 Å². The van der Waals surface area contributed by atoms with Gasteiger partial charge < -0.3 is 9.84 Å². The van der Waals surface area contributed by atoms with Crippen LogP contribution in [0.2, 0.25) is 0 Å². The highest BCUT2D eigenvalue weighted by atomic mass is 19.4. The third-order valence-corrected chi connectivity index (χ3v) is 4.63. The molecule has 2 fully saturated rings. The van der Waals surface area contributed by atoms with Crippen LogP contribution in [0.1, 0.15) is 38.5 Å². The summed E-state index contributed by atoms with van der Waals surface area (Å²) in [5.74, 6) is 0.974. The second kappa shape index (κ2) is 5.61. The number of hydrogen-bond donors (Lipinski definition) is 1. The van der Waals surface area contributed by atoms with Crippen molar-refractivity contribution in [3.63, 3.8) is 0 Å². The lowest BCUT2D eigenvalue weighted by Crippen LogP contribution is -2.56. The highest BCUT2D eigenvalue weighted by Gasteiger charge is 2.69. The average molecular weight is 320 g/mol. The highest BCUT2D eigenvalue weighted by molar-refractivity contribution is 4.94. The van der Waals surface area contributed by atoms with Crippen molar-refractivity contribution in [1.82, 2.24) is 0 Å². The minimum absolute atomic E-state index is 0.0476. The van der Waals surface area contributed by atoms with Crippen LogP contribution in [0.25, 0.3) is 0 Å². The predicted octanol–water partition coefficient (Wildman–Crippen LogP) is 3.83. The molecule has 2 nitrogen and oxygen atoms in total. The fourth-order valence-electron chi connectivity index (χ4n) is 3.40. The van der Waals surface area contributed by atoms with Crippen molar-refractivity contribution in [3.8, 4) is 0 Å². The van der Waals surface area contributed by atoms with Gasteiger partial charge in [-0.05, 0) is 50.4 Å². The lowest BCUT2D eigenvalue weighted by molar-refractivity contribution is -0.370. The molecule has 124 valence electrons. The van der Waals surface area contributed by atoms with Gasteiger partial charge in [0, 0.05) is 6.61 Å². The fraction of sp³-hybridized carbons (Fsp3) is 1.00. The van der Waals surface area contributed by atoms with Crippen LogP contribution < -0.4 is 0 Å². The average Bonchev–Trinajstić information content (AvgIpc) is 2.93. The molecule has 2 saturated carbocycles. The summed E-state index contributed by atoms with van der Waals surface area (Å²) in [7, 11) is 0. The van der Waals surface area contributed by atoms with E-state index in [9.17, 15) is 26.3 Å². The monoisotopic (exact) mass is 320 g/mol. The second-order valence-corrected chi connectivity index (χ2v) is 6.04. The quantitative estimate of drug-likeness (QED) is 0.616. The van der Waals surface area contributed by atoms with Crippen molar-refractivity contribution in [1.29, 1.82) is 0 Å². The smallest absolute Gasteiger partial charge is 0.378 e. The zero-order valence-electron chi connectivity index (χ0n) is 11.3. The van der Waals surface area contributed by atoms with Crippen molar-refractivity contribution in [3.05, 3.63) is 0 Å². The lowest BCUT2D eigenvalue weighted by Gasteiger charge is -2.32. The molecular weight excluding hydrogens is 302 g/mol. The zero-order valence-corrected chi connectivity index (χ0v) is 11.3. The minimum atomic E-state index is -5.74. The summed E-state index contributed by atoms with van der Waals surface area (Å²) >= 11 is 0. The molecular formula is C13H18F6O2. The van der Waals surface area contributed by atoms with E-state index in [2.05, 4.69) is 0 Å². The van der Waals surface area contributed by atoms with E-state index >= 15 is 0 Å². The maximum absolute atomic E-state index is 12.4. The summed E-state index contributed by atoms with van der Waals surface area (Å²) in [6.45, 7) is -0.192. The predicted molar refractivity (Wildman–Crippen MR) is 61.5 cm³/mol. The Morgan fingerprint density at radius 3 is 2.00 bits per heavy atom. The number of fused-ring (bicyclic) bond motifs is 2. The summed E-state index contributed by atoms with van der Waals surface area (Å²) in [5.41, 5.74) is -4.65. The van der Waals surface area contributed by atoms with Gasteiger partial charge in [-0.2, -0.15) is 26.3 Å². The molecule has 3 atom stereocenters. The molecule has 2 rings (SSSR count). The largest absolute Gasteiger partial charge is 0.426 e. The van der Waals surface area contributed by atoms with Gasteiger partial charge in [0.05, 0.1) is 6.10 Å². The molecule has 0 saturated heterocycles. The number of aliphatic hydroxyl groups is 1. The van der Waals surface area contributed by atoms with E-state index in [1.807, 2.05) is 0 Å². The first-order valence-electron chi connectivity index (χ1n) is 7.02. The maximum Gasteiger partial charge on any atom is 0.426 e. The van der Waals surface area contributed by atoms with Gasteiger partial charge in [-0.3, -0.25) is 0 Å². The first kappa shape index (κ1) is 16.9. The Morgan fingerprint density at radius 2 is 1.57 bits per heavy atom. The van der Waals surface area contributed by atoms with Gasteiger partial charge in [-0.25, -0.2) is 0 Å². The van der Waals surface area contributed by atoms with E-state index in [1.54, 1.807) is 0 Å². The number of ether oxygens (including phenoxy) is 1. The van der Waals surface area contributed by atoms with Crippen molar-refractivity contribution in [2.75, 3.05) is 6.61 Å². The van der Waals surface area contributed by atoms with Crippen LogP contribution in [0.5, 0.6) is 0 Å². The molecule has 0 radical (unpaired) electrons. The summed E-state index contributed by atoms with van der Waals surface area (Å²) in [6.07, 6.45) is -9.41. The van der Waals surface area contributed by atoms with E-state index in [0.717, 1.165) is 25.7 Å². The highest BCUT2D eigenvalue weighted by Crippen LogP contribution is 2.47. The molecule has 8 heteroatoms. The molecule has 21 heavy (non-hydrogen) atoms. The molecule has 1 N–H and O–H groups in total. The van der Waals surface area contributed by atoms with Crippen LogP contribution >= 0.6 is 0 Å². The summed E-state index contributed by atoms with van der Waals surface area (Å²) in [6, 6.07) is 0. The molecule has 0 heterocycles. The molecule has 2 bridgehead atoms. The van der Waals surface area contributed by atoms with Gasteiger partial charge in [0.1, 0.15) is 0 Å². The van der Waals surface area contributed by atoms with Gasteiger partial charge >= 0.3 is 12.4 Å². The zero-order chi connectivity index (χ0) is 15.9. The summed E-state index contributed by atoms with van der Waals surface area (Å²) in [4.78, 5) is 0. The first-order chi connectivity index (χ1) is 9.54. The summed E-state index contributed by atoms with van der Waals surface area (Å²) < 4.78 is 80.1.